The molecule has 1 heterocycles. The average Bonchev–Trinajstić information content (AvgIpc) is 2.81. The van der Waals surface area contributed by atoms with Crippen molar-refractivity contribution >= 4 is 17.5 Å². The molecule has 0 saturated carbocycles. The van der Waals surface area contributed by atoms with Gasteiger partial charge in [0.1, 0.15) is 6.04 Å². The summed E-state index contributed by atoms with van der Waals surface area (Å²) >= 11 is 0. The highest BCUT2D eigenvalue weighted by Crippen LogP contribution is 2.35. The van der Waals surface area contributed by atoms with E-state index >= 15 is 0 Å². The predicted molar refractivity (Wildman–Crippen MR) is 124 cm³/mol. The van der Waals surface area contributed by atoms with Gasteiger partial charge in [-0.05, 0) is 42.7 Å². The van der Waals surface area contributed by atoms with E-state index in [1.807, 2.05) is 11.8 Å². The first-order chi connectivity index (χ1) is 16.1. The predicted octanol–water partition coefficient (Wildman–Crippen LogP) is 3.92. The van der Waals surface area contributed by atoms with Crippen LogP contribution >= 0.6 is 0 Å². The Balaban J connectivity index is 1.72. The standard InChI is InChI=1S/C25H30F3N3O3/c1-16(2)22(30-23(32)18-6-4-17(3)5-7-18)24(33)29-15-19-8-9-20(14-21(19)25(26,27)28)31-10-12-34-13-11-31/h4-9,14,16,22H,10-13,15H2,1-3H3,(H,29,33)(H,30,32). The first-order valence-electron chi connectivity index (χ1n) is 11.2. The highest BCUT2D eigenvalue weighted by molar-refractivity contribution is 5.97. The molecule has 9 heteroatoms. The topological polar surface area (TPSA) is 70.7 Å². The van der Waals surface area contributed by atoms with Crippen LogP contribution < -0.4 is 15.5 Å². The van der Waals surface area contributed by atoms with E-state index < -0.39 is 29.6 Å². The van der Waals surface area contributed by atoms with Gasteiger partial charge in [0.2, 0.25) is 5.91 Å². The second-order valence-electron chi connectivity index (χ2n) is 8.72. The molecule has 1 saturated heterocycles. The first kappa shape index (κ1) is 25.6. The molecule has 3 rings (SSSR count). The van der Waals surface area contributed by atoms with Crippen LogP contribution in [0.1, 0.15) is 40.9 Å². The maximum Gasteiger partial charge on any atom is 0.416 e. The van der Waals surface area contributed by atoms with E-state index in [0.29, 0.717) is 37.6 Å². The minimum Gasteiger partial charge on any atom is -0.378 e. The summed E-state index contributed by atoms with van der Waals surface area (Å²) in [5.74, 6) is -1.22. The SMILES string of the molecule is Cc1ccc(C(=O)NC(C(=O)NCc2ccc(N3CCOCC3)cc2C(F)(F)F)C(C)C)cc1. The van der Waals surface area contributed by atoms with Crippen LogP contribution in [0.15, 0.2) is 42.5 Å². The summed E-state index contributed by atoms with van der Waals surface area (Å²) in [6, 6.07) is 10.1. The van der Waals surface area contributed by atoms with Crippen LogP contribution in [0.25, 0.3) is 0 Å². The third kappa shape index (κ3) is 6.50. The van der Waals surface area contributed by atoms with E-state index in [0.717, 1.165) is 11.6 Å². The van der Waals surface area contributed by atoms with Gasteiger partial charge in [0.15, 0.2) is 0 Å². The van der Waals surface area contributed by atoms with E-state index in [9.17, 15) is 22.8 Å². The number of aryl methyl sites for hydroxylation is 1. The number of hydrogen-bond acceptors (Lipinski definition) is 4. The zero-order valence-electron chi connectivity index (χ0n) is 19.5. The van der Waals surface area contributed by atoms with Crippen molar-refractivity contribution in [1.29, 1.82) is 0 Å². The van der Waals surface area contributed by atoms with Gasteiger partial charge in [-0.25, -0.2) is 0 Å². The van der Waals surface area contributed by atoms with Gasteiger partial charge >= 0.3 is 6.18 Å². The van der Waals surface area contributed by atoms with Gasteiger partial charge in [-0.2, -0.15) is 13.2 Å². The molecule has 34 heavy (non-hydrogen) atoms. The van der Waals surface area contributed by atoms with Gasteiger partial charge in [0.05, 0.1) is 18.8 Å². The van der Waals surface area contributed by atoms with E-state index in [1.54, 1.807) is 44.2 Å². The number of alkyl halides is 3. The van der Waals surface area contributed by atoms with Crippen LogP contribution in [-0.4, -0.2) is 44.2 Å². The molecule has 2 N–H and O–H groups in total. The molecule has 0 aliphatic carbocycles. The normalized spacial score (nSPS) is 15.2. The van der Waals surface area contributed by atoms with Gasteiger partial charge in [0.25, 0.3) is 5.91 Å². The van der Waals surface area contributed by atoms with Crippen molar-refractivity contribution in [3.8, 4) is 0 Å². The molecule has 0 radical (unpaired) electrons. The zero-order chi connectivity index (χ0) is 24.9. The molecule has 0 aromatic heterocycles. The summed E-state index contributed by atoms with van der Waals surface area (Å²) in [4.78, 5) is 27.2. The molecule has 1 aliphatic rings. The fourth-order valence-corrected chi connectivity index (χ4v) is 3.76. The Kier molecular flexibility index (Phi) is 8.19. The molecule has 1 unspecified atom stereocenters. The summed E-state index contributed by atoms with van der Waals surface area (Å²) in [5, 5.41) is 5.26. The van der Waals surface area contributed by atoms with E-state index in [-0.39, 0.29) is 18.0 Å². The van der Waals surface area contributed by atoms with Crippen LogP contribution in [0, 0.1) is 12.8 Å². The van der Waals surface area contributed by atoms with Crippen molar-refractivity contribution in [3.63, 3.8) is 0 Å². The minimum absolute atomic E-state index is 0.0368. The van der Waals surface area contributed by atoms with Crippen LogP contribution in [-0.2, 0) is 22.3 Å². The Morgan fingerprint density at radius 3 is 2.29 bits per heavy atom. The van der Waals surface area contributed by atoms with Gasteiger partial charge in [0, 0.05) is 30.9 Å². The Bertz CT molecular complexity index is 1000. The molecule has 1 atom stereocenters. The molecule has 1 fully saturated rings. The number of hydrogen-bond donors (Lipinski definition) is 2. The molecule has 1 aliphatic heterocycles. The van der Waals surface area contributed by atoms with Crippen molar-refractivity contribution in [2.24, 2.45) is 5.92 Å². The van der Waals surface area contributed by atoms with Gasteiger partial charge in [-0.3, -0.25) is 9.59 Å². The van der Waals surface area contributed by atoms with E-state index in [1.165, 1.54) is 6.07 Å². The molecule has 184 valence electrons. The zero-order valence-corrected chi connectivity index (χ0v) is 19.5. The largest absolute Gasteiger partial charge is 0.416 e. The smallest absolute Gasteiger partial charge is 0.378 e. The monoisotopic (exact) mass is 477 g/mol. The second-order valence-corrected chi connectivity index (χ2v) is 8.72. The number of anilines is 1. The maximum atomic E-state index is 13.8. The number of carbonyl (C=O) groups is 2. The lowest BCUT2D eigenvalue weighted by Crippen LogP contribution is -2.49. The number of ether oxygens (including phenoxy) is 1. The molecule has 2 aromatic carbocycles. The lowest BCUT2D eigenvalue weighted by Gasteiger charge is -2.30. The number of rotatable bonds is 7. The Hall–Kier alpha value is -3.07. The summed E-state index contributed by atoms with van der Waals surface area (Å²) in [6.07, 6.45) is -4.57. The lowest BCUT2D eigenvalue weighted by molar-refractivity contribution is -0.138. The minimum atomic E-state index is -4.57. The van der Waals surface area contributed by atoms with Crippen LogP contribution in [0.3, 0.4) is 0 Å². The fraction of sp³-hybridized carbons (Fsp3) is 0.440. The summed E-state index contributed by atoms with van der Waals surface area (Å²) in [6.45, 7) is 7.08. The van der Waals surface area contributed by atoms with Crippen molar-refractivity contribution in [2.75, 3.05) is 31.2 Å². The summed E-state index contributed by atoms with van der Waals surface area (Å²) in [7, 11) is 0. The van der Waals surface area contributed by atoms with Crippen LogP contribution in [0.2, 0.25) is 0 Å². The summed E-state index contributed by atoms with van der Waals surface area (Å²) < 4.78 is 46.6. The van der Waals surface area contributed by atoms with Crippen molar-refractivity contribution in [1.82, 2.24) is 10.6 Å². The van der Waals surface area contributed by atoms with Crippen LogP contribution in [0.4, 0.5) is 18.9 Å². The molecule has 0 spiro atoms. The molecular formula is C25H30F3N3O3. The van der Waals surface area contributed by atoms with Crippen LogP contribution in [0.5, 0.6) is 0 Å². The second kappa shape index (κ2) is 10.9. The number of nitrogens with one attached hydrogen (secondary N) is 2. The highest BCUT2D eigenvalue weighted by Gasteiger charge is 2.34. The van der Waals surface area contributed by atoms with Gasteiger partial charge in [-0.15, -0.1) is 0 Å². The highest BCUT2D eigenvalue weighted by atomic mass is 19.4. The third-order valence-electron chi connectivity index (χ3n) is 5.78. The Morgan fingerprint density at radius 1 is 1.06 bits per heavy atom. The molecule has 6 nitrogen and oxygen atoms in total. The summed E-state index contributed by atoms with van der Waals surface area (Å²) in [5.41, 5.74) is 1.04. The van der Waals surface area contributed by atoms with Crippen molar-refractivity contribution in [2.45, 2.75) is 39.5 Å². The molecular weight excluding hydrogens is 447 g/mol. The number of benzene rings is 2. The molecule has 0 bridgehead atoms. The first-order valence-corrected chi connectivity index (χ1v) is 11.2. The molecule has 2 aromatic rings. The number of nitrogens with zero attached hydrogens (tertiary/aromatic N) is 1. The van der Waals surface area contributed by atoms with Gasteiger partial charge < -0.3 is 20.3 Å². The van der Waals surface area contributed by atoms with Crippen molar-refractivity contribution < 1.29 is 27.5 Å². The van der Waals surface area contributed by atoms with Crippen molar-refractivity contribution in [3.05, 3.63) is 64.7 Å². The number of amides is 2. The fourth-order valence-electron chi connectivity index (χ4n) is 3.76. The average molecular weight is 478 g/mol. The van der Waals surface area contributed by atoms with E-state index in [4.69, 9.17) is 4.74 Å². The van der Waals surface area contributed by atoms with Gasteiger partial charge in [-0.1, -0.05) is 37.6 Å². The Labute approximate surface area is 197 Å². The Morgan fingerprint density at radius 2 is 1.71 bits per heavy atom. The number of halogens is 3. The maximum absolute atomic E-state index is 13.8. The molecule has 2 amide bonds. The van der Waals surface area contributed by atoms with E-state index in [2.05, 4.69) is 10.6 Å². The quantitative estimate of drug-likeness (QED) is 0.634. The lowest BCUT2D eigenvalue weighted by atomic mass is 10.0. The number of morpholine rings is 1. The third-order valence-corrected chi connectivity index (χ3v) is 5.78. The number of carbonyl (C=O) groups excluding carboxylic acids is 2.